The lowest BCUT2D eigenvalue weighted by atomic mass is 10.2. The molecule has 3 aromatic rings. The first-order chi connectivity index (χ1) is 10.8. The van der Waals surface area contributed by atoms with Crippen molar-refractivity contribution in [1.29, 1.82) is 0 Å². The number of nitrogens with zero attached hydrogens (tertiary/aromatic N) is 2. The first-order valence-electron chi connectivity index (χ1n) is 6.81. The van der Waals surface area contributed by atoms with Gasteiger partial charge in [-0.1, -0.05) is 29.8 Å². The van der Waals surface area contributed by atoms with Crippen LogP contribution in [-0.2, 0) is 0 Å². The van der Waals surface area contributed by atoms with Crippen molar-refractivity contribution < 1.29 is 4.79 Å². The van der Waals surface area contributed by atoms with Crippen molar-refractivity contribution >= 4 is 28.8 Å². The maximum atomic E-state index is 12.3. The van der Waals surface area contributed by atoms with Crippen molar-refractivity contribution in [1.82, 2.24) is 15.1 Å². The van der Waals surface area contributed by atoms with Gasteiger partial charge in [0.15, 0.2) is 0 Å². The molecule has 3 rings (SSSR count). The minimum atomic E-state index is -0.181. The number of carbonyl (C=O) groups is 1. The topological polar surface area (TPSA) is 46.9 Å². The Bertz CT molecular complexity index is 706. The van der Waals surface area contributed by atoms with E-state index in [1.807, 2.05) is 34.5 Å². The molecular weight excluding hydrogens is 318 g/mol. The van der Waals surface area contributed by atoms with Crippen LogP contribution in [0, 0.1) is 0 Å². The van der Waals surface area contributed by atoms with Crippen LogP contribution in [0.5, 0.6) is 0 Å². The van der Waals surface area contributed by atoms with E-state index >= 15 is 0 Å². The molecule has 0 saturated heterocycles. The Kier molecular flexibility index (Phi) is 4.56. The van der Waals surface area contributed by atoms with E-state index in [4.69, 9.17) is 11.6 Å². The lowest BCUT2D eigenvalue weighted by molar-refractivity contribution is 0.0949. The Morgan fingerprint density at radius 3 is 2.82 bits per heavy atom. The first kappa shape index (κ1) is 14.8. The molecule has 0 aliphatic heterocycles. The fourth-order valence-corrected chi connectivity index (χ4v) is 3.24. The lowest BCUT2D eigenvalue weighted by Crippen LogP contribution is -2.31. The number of aromatic nitrogens is 2. The summed E-state index contributed by atoms with van der Waals surface area (Å²) in [6.45, 7) is 0.451. The van der Waals surface area contributed by atoms with Gasteiger partial charge in [0.1, 0.15) is 6.04 Å². The SMILES string of the molecule is O=C(NCC(c1cccs1)n1cccn1)c1ccccc1Cl. The van der Waals surface area contributed by atoms with Crippen LogP contribution in [0.4, 0.5) is 0 Å². The summed E-state index contributed by atoms with van der Waals surface area (Å²) < 4.78 is 1.85. The van der Waals surface area contributed by atoms with E-state index < -0.39 is 0 Å². The highest BCUT2D eigenvalue weighted by Gasteiger charge is 2.17. The number of halogens is 1. The van der Waals surface area contributed by atoms with Gasteiger partial charge in [0.2, 0.25) is 0 Å². The Hall–Kier alpha value is -2.11. The Morgan fingerprint density at radius 2 is 2.14 bits per heavy atom. The molecule has 0 spiro atoms. The molecule has 2 heterocycles. The number of carbonyl (C=O) groups excluding carboxylic acids is 1. The third-order valence-corrected chi connectivity index (χ3v) is 4.59. The van der Waals surface area contributed by atoms with Crippen LogP contribution in [0.2, 0.25) is 5.02 Å². The molecule has 2 aromatic heterocycles. The van der Waals surface area contributed by atoms with Gasteiger partial charge < -0.3 is 5.32 Å². The zero-order valence-corrected chi connectivity index (χ0v) is 13.2. The highest BCUT2D eigenvalue weighted by molar-refractivity contribution is 7.10. The summed E-state index contributed by atoms with van der Waals surface area (Å²) in [7, 11) is 0. The van der Waals surface area contributed by atoms with Crippen LogP contribution in [0.1, 0.15) is 21.3 Å². The standard InChI is InChI=1S/C16H14ClN3OS/c17-13-6-2-1-5-12(13)16(21)18-11-14(15-7-3-10-22-15)20-9-4-8-19-20/h1-10,14H,11H2,(H,18,21). The van der Waals surface area contributed by atoms with Gasteiger partial charge in [-0.15, -0.1) is 11.3 Å². The monoisotopic (exact) mass is 331 g/mol. The molecule has 0 fully saturated rings. The summed E-state index contributed by atoms with van der Waals surface area (Å²) in [4.78, 5) is 13.4. The number of thiophene rings is 1. The van der Waals surface area contributed by atoms with Crippen molar-refractivity contribution in [3.8, 4) is 0 Å². The predicted octanol–water partition coefficient (Wildman–Crippen LogP) is 3.62. The van der Waals surface area contributed by atoms with Crippen molar-refractivity contribution in [2.24, 2.45) is 0 Å². The Balaban J connectivity index is 1.75. The number of rotatable bonds is 5. The molecule has 0 saturated carbocycles. The molecule has 0 aliphatic rings. The molecule has 1 amide bonds. The molecule has 1 N–H and O–H groups in total. The molecule has 1 atom stereocenters. The van der Waals surface area contributed by atoms with E-state index in [1.165, 1.54) is 0 Å². The van der Waals surface area contributed by atoms with Crippen LogP contribution in [-0.4, -0.2) is 22.2 Å². The first-order valence-corrected chi connectivity index (χ1v) is 8.06. The summed E-state index contributed by atoms with van der Waals surface area (Å²) in [6.07, 6.45) is 3.63. The fraction of sp³-hybridized carbons (Fsp3) is 0.125. The number of benzene rings is 1. The van der Waals surface area contributed by atoms with Crippen LogP contribution in [0.25, 0.3) is 0 Å². The fourth-order valence-electron chi connectivity index (χ4n) is 2.20. The molecule has 22 heavy (non-hydrogen) atoms. The van der Waals surface area contributed by atoms with Crippen molar-refractivity contribution in [2.75, 3.05) is 6.54 Å². The summed E-state index contributed by atoms with van der Waals surface area (Å²) in [6, 6.07) is 12.9. The second-order valence-corrected chi connectivity index (χ2v) is 6.09. The highest BCUT2D eigenvalue weighted by Crippen LogP contribution is 2.22. The van der Waals surface area contributed by atoms with Crippen LogP contribution >= 0.6 is 22.9 Å². The average Bonchev–Trinajstić information content (AvgIpc) is 3.21. The zero-order valence-electron chi connectivity index (χ0n) is 11.6. The third kappa shape index (κ3) is 3.21. The summed E-state index contributed by atoms with van der Waals surface area (Å²) in [5.41, 5.74) is 0.481. The molecule has 4 nitrogen and oxygen atoms in total. The Morgan fingerprint density at radius 1 is 1.27 bits per heavy atom. The molecule has 0 bridgehead atoms. The number of hydrogen-bond donors (Lipinski definition) is 1. The van der Waals surface area contributed by atoms with Crippen molar-refractivity contribution in [2.45, 2.75) is 6.04 Å². The Labute approximate surface area is 137 Å². The zero-order chi connectivity index (χ0) is 15.4. The van der Waals surface area contributed by atoms with Gasteiger partial charge in [-0.25, -0.2) is 0 Å². The molecule has 0 aliphatic carbocycles. The van der Waals surface area contributed by atoms with Gasteiger partial charge in [0.05, 0.1) is 10.6 Å². The minimum Gasteiger partial charge on any atom is -0.349 e. The summed E-state index contributed by atoms with van der Waals surface area (Å²) in [5.74, 6) is -0.181. The molecule has 6 heteroatoms. The summed E-state index contributed by atoms with van der Waals surface area (Å²) in [5, 5.41) is 9.69. The van der Waals surface area contributed by atoms with Crippen LogP contribution in [0.3, 0.4) is 0 Å². The number of nitrogens with one attached hydrogen (secondary N) is 1. The van der Waals surface area contributed by atoms with Crippen LogP contribution < -0.4 is 5.32 Å². The predicted molar refractivity (Wildman–Crippen MR) is 88.5 cm³/mol. The van der Waals surface area contributed by atoms with Crippen molar-refractivity contribution in [3.63, 3.8) is 0 Å². The normalized spacial score (nSPS) is 12.0. The minimum absolute atomic E-state index is 0.0264. The van der Waals surface area contributed by atoms with E-state index in [-0.39, 0.29) is 11.9 Å². The van der Waals surface area contributed by atoms with Crippen molar-refractivity contribution in [3.05, 3.63) is 75.7 Å². The smallest absolute Gasteiger partial charge is 0.252 e. The maximum Gasteiger partial charge on any atom is 0.252 e. The van der Waals surface area contributed by atoms with Gasteiger partial charge >= 0.3 is 0 Å². The van der Waals surface area contributed by atoms with E-state index in [9.17, 15) is 4.79 Å². The quantitative estimate of drug-likeness (QED) is 0.776. The maximum absolute atomic E-state index is 12.3. The third-order valence-electron chi connectivity index (χ3n) is 3.29. The lowest BCUT2D eigenvalue weighted by Gasteiger charge is -2.17. The van der Waals surface area contributed by atoms with Gasteiger partial charge in [0, 0.05) is 23.8 Å². The van der Waals surface area contributed by atoms with Gasteiger partial charge in [-0.3, -0.25) is 9.48 Å². The molecule has 1 aromatic carbocycles. The van der Waals surface area contributed by atoms with Crippen LogP contribution in [0.15, 0.2) is 60.2 Å². The number of hydrogen-bond acceptors (Lipinski definition) is 3. The number of amides is 1. The van der Waals surface area contributed by atoms with E-state index in [2.05, 4.69) is 10.4 Å². The molecule has 112 valence electrons. The second-order valence-electron chi connectivity index (χ2n) is 4.71. The molecular formula is C16H14ClN3OS. The van der Waals surface area contributed by atoms with E-state index in [0.717, 1.165) is 4.88 Å². The van der Waals surface area contributed by atoms with E-state index in [1.54, 1.807) is 41.8 Å². The molecule has 0 radical (unpaired) electrons. The average molecular weight is 332 g/mol. The van der Waals surface area contributed by atoms with Gasteiger partial charge in [-0.2, -0.15) is 5.10 Å². The van der Waals surface area contributed by atoms with Gasteiger partial charge in [0.25, 0.3) is 5.91 Å². The largest absolute Gasteiger partial charge is 0.349 e. The summed E-state index contributed by atoms with van der Waals surface area (Å²) >= 11 is 7.70. The van der Waals surface area contributed by atoms with Gasteiger partial charge in [-0.05, 0) is 29.6 Å². The highest BCUT2D eigenvalue weighted by atomic mass is 35.5. The van der Waals surface area contributed by atoms with E-state index in [0.29, 0.717) is 17.1 Å². The second kappa shape index (κ2) is 6.77. The molecule has 1 unspecified atom stereocenters.